The van der Waals surface area contributed by atoms with Gasteiger partial charge in [0.15, 0.2) is 5.65 Å². The van der Waals surface area contributed by atoms with Crippen LogP contribution in [0.3, 0.4) is 0 Å². The van der Waals surface area contributed by atoms with E-state index in [0.29, 0.717) is 24.0 Å². The molecule has 1 aliphatic heterocycles. The molecule has 1 saturated carbocycles. The Labute approximate surface area is 171 Å². The fourth-order valence-electron chi connectivity index (χ4n) is 4.18. The summed E-state index contributed by atoms with van der Waals surface area (Å²) < 4.78 is 3.91. The van der Waals surface area contributed by atoms with E-state index >= 15 is 0 Å². The Morgan fingerprint density at radius 2 is 2.10 bits per heavy atom. The van der Waals surface area contributed by atoms with E-state index in [1.807, 2.05) is 28.0 Å². The molecule has 8 heteroatoms. The lowest BCUT2D eigenvalue weighted by Gasteiger charge is -2.17. The van der Waals surface area contributed by atoms with Crippen LogP contribution in [0.25, 0.3) is 16.6 Å². The Kier molecular flexibility index (Phi) is 3.68. The first kappa shape index (κ1) is 17.0. The number of pyridine rings is 2. The van der Waals surface area contributed by atoms with Crippen molar-refractivity contribution in [2.45, 2.75) is 38.1 Å². The molecule has 2 fully saturated rings. The number of nitrogens with zero attached hydrogens (tertiary/aromatic N) is 6. The minimum Gasteiger partial charge on any atom is -0.309 e. The van der Waals surface area contributed by atoms with Gasteiger partial charge in [-0.1, -0.05) is 11.6 Å². The van der Waals surface area contributed by atoms with E-state index < -0.39 is 0 Å². The molecule has 2 aliphatic rings. The van der Waals surface area contributed by atoms with Crippen LogP contribution in [0.2, 0.25) is 5.15 Å². The van der Waals surface area contributed by atoms with Crippen molar-refractivity contribution in [1.29, 1.82) is 0 Å². The van der Waals surface area contributed by atoms with Gasteiger partial charge in [0.05, 0.1) is 28.8 Å². The van der Waals surface area contributed by atoms with Gasteiger partial charge in [0.25, 0.3) is 0 Å². The second-order valence-corrected chi connectivity index (χ2v) is 8.26. The quantitative estimate of drug-likeness (QED) is 0.483. The van der Waals surface area contributed by atoms with Crippen molar-refractivity contribution >= 4 is 39.7 Å². The zero-order valence-corrected chi connectivity index (χ0v) is 16.5. The van der Waals surface area contributed by atoms with Crippen LogP contribution in [0.1, 0.15) is 42.9 Å². The summed E-state index contributed by atoms with van der Waals surface area (Å²) >= 11 is 6.18. The van der Waals surface area contributed by atoms with Crippen LogP contribution in [0.15, 0.2) is 36.9 Å². The molecule has 29 heavy (non-hydrogen) atoms. The lowest BCUT2D eigenvalue weighted by Crippen LogP contribution is -2.24. The highest BCUT2D eigenvalue weighted by Crippen LogP contribution is 2.42. The molecule has 0 radical (unpaired) electrons. The summed E-state index contributed by atoms with van der Waals surface area (Å²) in [5.41, 5.74) is 4.76. The van der Waals surface area contributed by atoms with Gasteiger partial charge in [-0.25, -0.2) is 9.97 Å². The smallest absolute Gasteiger partial charge is 0.227 e. The predicted molar refractivity (Wildman–Crippen MR) is 110 cm³/mol. The van der Waals surface area contributed by atoms with Gasteiger partial charge in [-0.2, -0.15) is 5.10 Å². The molecule has 5 heterocycles. The van der Waals surface area contributed by atoms with E-state index in [9.17, 15) is 4.79 Å². The molecule has 0 spiro atoms. The highest BCUT2D eigenvalue weighted by molar-refractivity contribution is 6.34. The van der Waals surface area contributed by atoms with Gasteiger partial charge in [-0.3, -0.25) is 9.48 Å². The van der Waals surface area contributed by atoms with Crippen LogP contribution < -0.4 is 4.90 Å². The first-order valence-corrected chi connectivity index (χ1v) is 10.3. The van der Waals surface area contributed by atoms with Crippen LogP contribution in [0.5, 0.6) is 0 Å². The third-order valence-electron chi connectivity index (χ3n) is 5.77. The van der Waals surface area contributed by atoms with Crippen molar-refractivity contribution in [3.63, 3.8) is 0 Å². The second kappa shape index (κ2) is 6.29. The van der Waals surface area contributed by atoms with Crippen molar-refractivity contribution in [1.82, 2.24) is 24.1 Å². The standard InChI is InChI=1S/C21H19ClN6O/c22-20-16-12-27(25-17(16)5-6-23-20)11-15-10-26-9-14(13-3-4-13)8-18(21(26)24-15)28-7-1-2-19(28)29/h5-6,8-10,12-13H,1-4,7,11H2. The molecule has 1 amide bonds. The zero-order chi connectivity index (χ0) is 19.5. The average Bonchev–Trinajstić information content (AvgIpc) is 3.13. The van der Waals surface area contributed by atoms with E-state index in [1.165, 1.54) is 18.4 Å². The zero-order valence-electron chi connectivity index (χ0n) is 15.8. The average molecular weight is 407 g/mol. The number of rotatable bonds is 4. The number of carbonyl (C=O) groups is 1. The van der Waals surface area contributed by atoms with E-state index in [0.717, 1.165) is 40.9 Å². The molecular weight excluding hydrogens is 388 g/mol. The number of hydrogen-bond acceptors (Lipinski definition) is 4. The predicted octanol–water partition coefficient (Wildman–Crippen LogP) is 3.78. The summed E-state index contributed by atoms with van der Waals surface area (Å²) in [6.45, 7) is 1.29. The first-order chi connectivity index (χ1) is 14.2. The lowest BCUT2D eigenvalue weighted by atomic mass is 10.1. The normalized spacial score (nSPS) is 17.1. The molecule has 4 aromatic rings. The largest absolute Gasteiger partial charge is 0.309 e. The molecule has 1 saturated heterocycles. The molecular formula is C21H19ClN6O. The molecule has 1 aliphatic carbocycles. The molecule has 0 unspecified atom stereocenters. The van der Waals surface area contributed by atoms with Crippen LogP contribution in [-0.4, -0.2) is 36.6 Å². The maximum absolute atomic E-state index is 12.4. The van der Waals surface area contributed by atoms with Crippen LogP contribution >= 0.6 is 11.6 Å². The summed E-state index contributed by atoms with van der Waals surface area (Å²) in [6, 6.07) is 4.01. The maximum atomic E-state index is 12.4. The van der Waals surface area contributed by atoms with Gasteiger partial charge in [0, 0.05) is 37.8 Å². The Hall–Kier alpha value is -2.93. The minimum absolute atomic E-state index is 0.185. The molecule has 0 aromatic carbocycles. The summed E-state index contributed by atoms with van der Waals surface area (Å²) in [5.74, 6) is 0.789. The van der Waals surface area contributed by atoms with Crippen molar-refractivity contribution in [2.24, 2.45) is 0 Å². The fourth-order valence-corrected chi connectivity index (χ4v) is 4.38. The highest BCUT2D eigenvalue weighted by atomic mass is 35.5. The number of aromatic nitrogens is 5. The molecule has 0 bridgehead atoms. The highest BCUT2D eigenvalue weighted by Gasteiger charge is 2.29. The molecule has 0 atom stereocenters. The van der Waals surface area contributed by atoms with Gasteiger partial charge in [-0.15, -0.1) is 0 Å². The maximum Gasteiger partial charge on any atom is 0.227 e. The van der Waals surface area contributed by atoms with Crippen molar-refractivity contribution in [3.8, 4) is 0 Å². The Morgan fingerprint density at radius 3 is 2.86 bits per heavy atom. The third-order valence-corrected chi connectivity index (χ3v) is 6.07. The van der Waals surface area contributed by atoms with Gasteiger partial charge < -0.3 is 9.30 Å². The van der Waals surface area contributed by atoms with E-state index in [1.54, 1.807) is 6.20 Å². The van der Waals surface area contributed by atoms with Gasteiger partial charge >= 0.3 is 0 Å². The number of anilines is 1. The van der Waals surface area contributed by atoms with E-state index in [2.05, 4.69) is 26.7 Å². The number of amides is 1. The number of fused-ring (bicyclic) bond motifs is 2. The monoisotopic (exact) mass is 406 g/mol. The number of halogens is 1. The fraction of sp³-hybridized carbons (Fsp3) is 0.333. The molecule has 0 N–H and O–H groups in total. The minimum atomic E-state index is 0.185. The number of imidazole rings is 1. The molecule has 146 valence electrons. The van der Waals surface area contributed by atoms with Crippen molar-refractivity contribution in [3.05, 3.63) is 53.3 Å². The Bertz CT molecular complexity index is 1270. The van der Waals surface area contributed by atoms with Crippen molar-refractivity contribution < 1.29 is 4.79 Å². The Morgan fingerprint density at radius 1 is 1.21 bits per heavy atom. The summed E-state index contributed by atoms with van der Waals surface area (Å²) in [5, 5.41) is 5.87. The van der Waals surface area contributed by atoms with Gasteiger partial charge in [-0.05, 0) is 42.9 Å². The van der Waals surface area contributed by atoms with Gasteiger partial charge in [0.1, 0.15) is 5.15 Å². The third kappa shape index (κ3) is 2.88. The Balaban J connectivity index is 1.42. The number of carbonyl (C=O) groups excluding carboxylic acids is 1. The van der Waals surface area contributed by atoms with Crippen molar-refractivity contribution in [2.75, 3.05) is 11.4 Å². The van der Waals surface area contributed by atoms with Crippen LogP contribution in [0.4, 0.5) is 5.69 Å². The first-order valence-electron chi connectivity index (χ1n) is 9.95. The second-order valence-electron chi connectivity index (χ2n) is 7.91. The molecule has 7 nitrogen and oxygen atoms in total. The van der Waals surface area contributed by atoms with Crippen LogP contribution in [-0.2, 0) is 11.3 Å². The summed E-state index contributed by atoms with van der Waals surface area (Å²) in [6.07, 6.45) is 11.7. The SMILES string of the molecule is O=C1CCCN1c1cc(C2CC2)cn2cc(Cn3cc4c(Cl)nccc4n3)nc12. The topological polar surface area (TPSA) is 68.3 Å². The van der Waals surface area contributed by atoms with Gasteiger partial charge in [0.2, 0.25) is 5.91 Å². The lowest BCUT2D eigenvalue weighted by molar-refractivity contribution is -0.117. The molecule has 4 aromatic heterocycles. The van der Waals surface area contributed by atoms with E-state index in [4.69, 9.17) is 16.6 Å². The summed E-state index contributed by atoms with van der Waals surface area (Å²) in [4.78, 5) is 23.3. The summed E-state index contributed by atoms with van der Waals surface area (Å²) in [7, 11) is 0. The molecule has 6 rings (SSSR count). The van der Waals surface area contributed by atoms with E-state index in [-0.39, 0.29) is 5.91 Å². The van der Waals surface area contributed by atoms with Crippen LogP contribution in [0, 0.1) is 0 Å². The number of hydrogen-bond donors (Lipinski definition) is 0.